The lowest BCUT2D eigenvalue weighted by Crippen LogP contribution is -2.41. The molecule has 1 heterocycles. The third kappa shape index (κ3) is 4.93. The number of aromatic nitrogens is 1. The Hall–Kier alpha value is -3.01. The number of alkyl halides is 6. The Bertz CT molecular complexity index is 1020. The first kappa shape index (κ1) is 21.7. The highest BCUT2D eigenvalue weighted by molar-refractivity contribution is 5.86. The molecule has 160 valence electrons. The maximum absolute atomic E-state index is 12.9. The molecule has 4 nitrogen and oxygen atoms in total. The van der Waals surface area contributed by atoms with Crippen molar-refractivity contribution in [2.24, 2.45) is 5.73 Å². The molecule has 30 heavy (non-hydrogen) atoms. The van der Waals surface area contributed by atoms with Gasteiger partial charge < -0.3 is 16.0 Å². The fraction of sp³-hybridized carbons (Fsp3) is 0.250. The Kier molecular flexibility index (Phi) is 5.80. The van der Waals surface area contributed by atoms with Crippen molar-refractivity contribution in [2.75, 3.05) is 0 Å². The molecule has 3 aromatic rings. The number of halogens is 6. The maximum Gasteiger partial charge on any atom is 0.416 e. The van der Waals surface area contributed by atoms with Gasteiger partial charge in [0.05, 0.1) is 17.2 Å². The number of hydrogen-bond donors (Lipinski definition) is 3. The molecule has 4 N–H and O–H groups in total. The van der Waals surface area contributed by atoms with E-state index in [1.807, 2.05) is 24.3 Å². The van der Waals surface area contributed by atoms with Gasteiger partial charge in [-0.2, -0.15) is 26.3 Å². The Morgan fingerprint density at radius 3 is 2.20 bits per heavy atom. The van der Waals surface area contributed by atoms with Crippen LogP contribution in [0.5, 0.6) is 0 Å². The quantitative estimate of drug-likeness (QED) is 0.527. The van der Waals surface area contributed by atoms with Gasteiger partial charge in [-0.05, 0) is 41.8 Å². The van der Waals surface area contributed by atoms with Crippen LogP contribution < -0.4 is 11.1 Å². The van der Waals surface area contributed by atoms with E-state index in [9.17, 15) is 31.1 Å². The lowest BCUT2D eigenvalue weighted by Gasteiger charge is -2.16. The number of H-pyrrole nitrogens is 1. The standard InChI is InChI=1S/C20H17F6N3O/c21-19(22,23)13-5-11(6-14(8-13)20(24,25)26)9-29-18(30)16(27)7-12-10-28-17-4-2-1-3-15(12)17/h1-6,8,10,16,28H,7,9,27H2,(H,29,30)/t16-/m0/s1. The van der Waals surface area contributed by atoms with Crippen LogP contribution in [-0.4, -0.2) is 16.9 Å². The predicted molar refractivity (Wildman–Crippen MR) is 98.3 cm³/mol. The fourth-order valence-corrected chi connectivity index (χ4v) is 3.07. The summed E-state index contributed by atoms with van der Waals surface area (Å²) in [5.74, 6) is -0.689. The second-order valence-electron chi connectivity index (χ2n) is 6.80. The van der Waals surface area contributed by atoms with Crippen molar-refractivity contribution < 1.29 is 31.1 Å². The van der Waals surface area contributed by atoms with E-state index in [0.717, 1.165) is 16.5 Å². The van der Waals surface area contributed by atoms with E-state index in [2.05, 4.69) is 10.3 Å². The van der Waals surface area contributed by atoms with Crippen LogP contribution in [0.15, 0.2) is 48.7 Å². The largest absolute Gasteiger partial charge is 0.416 e. The molecular weight excluding hydrogens is 412 g/mol. The van der Waals surface area contributed by atoms with Gasteiger partial charge in [0, 0.05) is 23.6 Å². The van der Waals surface area contributed by atoms with Gasteiger partial charge in [-0.1, -0.05) is 18.2 Å². The number of carbonyl (C=O) groups is 1. The molecule has 0 fully saturated rings. The SMILES string of the molecule is N[C@@H](Cc1c[nH]c2ccccc12)C(=O)NCc1cc(C(F)(F)F)cc(C(F)(F)F)c1. The summed E-state index contributed by atoms with van der Waals surface area (Å²) in [6.45, 7) is -0.520. The Morgan fingerprint density at radius 1 is 1.00 bits per heavy atom. The molecule has 0 saturated heterocycles. The van der Waals surface area contributed by atoms with E-state index in [1.54, 1.807) is 6.20 Å². The molecule has 0 radical (unpaired) electrons. The molecule has 3 rings (SSSR count). The number of nitrogens with two attached hydrogens (primary N) is 1. The van der Waals surface area contributed by atoms with Crippen molar-refractivity contribution in [3.8, 4) is 0 Å². The normalized spacial score (nSPS) is 13.4. The number of fused-ring (bicyclic) bond motifs is 1. The number of rotatable bonds is 5. The molecule has 0 spiro atoms. The minimum Gasteiger partial charge on any atom is -0.361 e. The second kappa shape index (κ2) is 8.02. The predicted octanol–water partition coefficient (Wildman–Crippen LogP) is 4.39. The van der Waals surface area contributed by atoms with Gasteiger partial charge in [-0.3, -0.25) is 4.79 Å². The van der Waals surface area contributed by atoms with Gasteiger partial charge >= 0.3 is 12.4 Å². The maximum atomic E-state index is 12.9. The minimum atomic E-state index is -4.95. The highest BCUT2D eigenvalue weighted by atomic mass is 19.4. The fourth-order valence-electron chi connectivity index (χ4n) is 3.07. The second-order valence-corrected chi connectivity index (χ2v) is 6.80. The van der Waals surface area contributed by atoms with Crippen molar-refractivity contribution in [1.29, 1.82) is 0 Å². The Labute approximate surface area is 167 Å². The van der Waals surface area contributed by atoms with Crippen LogP contribution in [0.4, 0.5) is 26.3 Å². The van der Waals surface area contributed by atoms with Gasteiger partial charge in [-0.15, -0.1) is 0 Å². The van der Waals surface area contributed by atoms with Crippen LogP contribution in [-0.2, 0) is 30.1 Å². The van der Waals surface area contributed by atoms with Crippen LogP contribution in [0.25, 0.3) is 10.9 Å². The summed E-state index contributed by atoms with van der Waals surface area (Å²) in [7, 11) is 0. The smallest absolute Gasteiger partial charge is 0.361 e. The van der Waals surface area contributed by atoms with Crippen molar-refractivity contribution in [1.82, 2.24) is 10.3 Å². The molecule has 1 amide bonds. The Balaban J connectivity index is 1.71. The average molecular weight is 429 g/mol. The monoisotopic (exact) mass is 429 g/mol. The van der Waals surface area contributed by atoms with Crippen molar-refractivity contribution in [2.45, 2.75) is 31.4 Å². The van der Waals surface area contributed by atoms with E-state index >= 15 is 0 Å². The van der Waals surface area contributed by atoms with Crippen molar-refractivity contribution in [3.05, 3.63) is 70.9 Å². The summed E-state index contributed by atoms with van der Waals surface area (Å²) in [5, 5.41) is 3.18. The highest BCUT2D eigenvalue weighted by Gasteiger charge is 2.36. The number of aromatic amines is 1. The zero-order valence-electron chi connectivity index (χ0n) is 15.4. The van der Waals surface area contributed by atoms with Crippen molar-refractivity contribution >= 4 is 16.8 Å². The number of benzene rings is 2. The number of carbonyl (C=O) groups excluding carboxylic acids is 1. The summed E-state index contributed by atoms with van der Waals surface area (Å²) in [6, 6.07) is 7.48. The molecule has 1 aromatic heterocycles. The minimum absolute atomic E-state index is 0.0358. The van der Waals surface area contributed by atoms with Crippen LogP contribution in [0.2, 0.25) is 0 Å². The number of para-hydroxylation sites is 1. The molecular formula is C20H17F6N3O. The summed E-state index contributed by atoms with van der Waals surface area (Å²) in [4.78, 5) is 15.3. The van der Waals surface area contributed by atoms with Crippen LogP contribution in [0.1, 0.15) is 22.3 Å². The topological polar surface area (TPSA) is 70.9 Å². The highest BCUT2D eigenvalue weighted by Crippen LogP contribution is 2.36. The van der Waals surface area contributed by atoms with E-state index < -0.39 is 42.0 Å². The first-order valence-electron chi connectivity index (χ1n) is 8.82. The summed E-state index contributed by atoms with van der Waals surface area (Å²) in [6.07, 6.45) is -8.07. The number of hydrogen-bond acceptors (Lipinski definition) is 2. The van der Waals surface area contributed by atoms with E-state index in [-0.39, 0.29) is 18.1 Å². The molecule has 0 aliphatic rings. The van der Waals surface area contributed by atoms with Crippen LogP contribution in [0, 0.1) is 0 Å². The molecule has 1 atom stereocenters. The molecule has 10 heteroatoms. The van der Waals surface area contributed by atoms with Crippen LogP contribution in [0.3, 0.4) is 0 Å². The zero-order chi connectivity index (χ0) is 22.1. The molecule has 0 aliphatic heterocycles. The first-order valence-corrected chi connectivity index (χ1v) is 8.82. The van der Waals surface area contributed by atoms with E-state index in [4.69, 9.17) is 5.73 Å². The van der Waals surface area contributed by atoms with E-state index in [1.165, 1.54) is 0 Å². The van der Waals surface area contributed by atoms with Crippen molar-refractivity contribution in [3.63, 3.8) is 0 Å². The summed E-state index contributed by atoms with van der Waals surface area (Å²) in [5.41, 5.74) is 4.29. The lowest BCUT2D eigenvalue weighted by atomic mass is 10.0. The van der Waals surface area contributed by atoms with Gasteiger partial charge in [-0.25, -0.2) is 0 Å². The molecule has 0 bridgehead atoms. The van der Waals surface area contributed by atoms with Gasteiger partial charge in [0.1, 0.15) is 0 Å². The van der Waals surface area contributed by atoms with Gasteiger partial charge in [0.25, 0.3) is 0 Å². The van der Waals surface area contributed by atoms with Gasteiger partial charge in [0.2, 0.25) is 5.91 Å². The lowest BCUT2D eigenvalue weighted by molar-refractivity contribution is -0.143. The van der Waals surface area contributed by atoms with Crippen LogP contribution >= 0.6 is 0 Å². The first-order chi connectivity index (χ1) is 13.9. The number of nitrogens with one attached hydrogen (secondary N) is 2. The van der Waals surface area contributed by atoms with E-state index in [0.29, 0.717) is 12.1 Å². The number of amides is 1. The molecule has 0 unspecified atom stereocenters. The van der Waals surface area contributed by atoms with Gasteiger partial charge in [0.15, 0.2) is 0 Å². The average Bonchev–Trinajstić information content (AvgIpc) is 3.07. The molecule has 0 aliphatic carbocycles. The summed E-state index contributed by atoms with van der Waals surface area (Å²) >= 11 is 0. The third-order valence-corrected chi connectivity index (χ3v) is 4.57. The zero-order valence-corrected chi connectivity index (χ0v) is 15.4. The Morgan fingerprint density at radius 2 is 1.60 bits per heavy atom. The molecule has 0 saturated carbocycles. The summed E-state index contributed by atoms with van der Waals surface area (Å²) < 4.78 is 77.5. The third-order valence-electron chi connectivity index (χ3n) is 4.57. The molecule has 2 aromatic carbocycles.